The molecule has 1 nitrogen and oxygen atoms in total. The summed E-state index contributed by atoms with van der Waals surface area (Å²) < 4.78 is 1.03. The Bertz CT molecular complexity index is 316. The molecule has 1 aromatic carbocycles. The van der Waals surface area contributed by atoms with Crippen LogP contribution in [-0.2, 0) is 0 Å². The third-order valence-electron chi connectivity index (χ3n) is 2.99. The highest BCUT2D eigenvalue weighted by molar-refractivity contribution is 9.10. The molecule has 1 aliphatic carbocycles. The van der Waals surface area contributed by atoms with E-state index < -0.39 is 0 Å². The first kappa shape index (κ1) is 10.5. The van der Waals surface area contributed by atoms with Gasteiger partial charge >= 0.3 is 0 Å². The number of hydrogen-bond donors (Lipinski definition) is 1. The van der Waals surface area contributed by atoms with Crippen LogP contribution < -0.4 is 5.73 Å². The van der Waals surface area contributed by atoms with Gasteiger partial charge in [0.15, 0.2) is 0 Å². The van der Waals surface area contributed by atoms with Crippen LogP contribution in [0, 0.1) is 5.92 Å². The topological polar surface area (TPSA) is 26.0 Å². The van der Waals surface area contributed by atoms with Crippen LogP contribution in [0.1, 0.15) is 30.9 Å². The van der Waals surface area contributed by atoms with Gasteiger partial charge in [0.25, 0.3) is 0 Å². The minimum atomic E-state index is 0.0897. The van der Waals surface area contributed by atoms with Crippen molar-refractivity contribution in [2.24, 2.45) is 11.7 Å². The van der Waals surface area contributed by atoms with E-state index in [1.54, 1.807) is 0 Å². The molecule has 2 N–H and O–H groups in total. The molecule has 1 fully saturated rings. The molecule has 0 bridgehead atoms. The van der Waals surface area contributed by atoms with E-state index in [1.165, 1.54) is 19.3 Å². The fourth-order valence-electron chi connectivity index (χ4n) is 1.86. The van der Waals surface area contributed by atoms with Crippen LogP contribution in [0.3, 0.4) is 0 Å². The van der Waals surface area contributed by atoms with Crippen LogP contribution in [0.4, 0.5) is 0 Å². The van der Waals surface area contributed by atoms with Gasteiger partial charge in [-0.3, -0.25) is 0 Å². The molecular weight excluding hydrogens is 261 g/mol. The first-order valence-electron chi connectivity index (χ1n) is 4.89. The molecule has 0 heterocycles. The summed E-state index contributed by atoms with van der Waals surface area (Å²) in [6.07, 6.45) is 3.78. The van der Waals surface area contributed by atoms with Gasteiger partial charge < -0.3 is 5.73 Å². The maximum atomic E-state index is 6.19. The average Bonchev–Trinajstić information content (AvgIpc) is 2.00. The standard InChI is InChI=1S/C11H13BrClN/c12-8-5-2-6-9(13)10(8)11(14)7-3-1-4-7/h2,5-7,11H,1,3-4,14H2. The quantitative estimate of drug-likeness (QED) is 0.869. The molecule has 0 radical (unpaired) electrons. The minimum Gasteiger partial charge on any atom is -0.324 e. The van der Waals surface area contributed by atoms with Crippen molar-refractivity contribution in [3.63, 3.8) is 0 Å². The van der Waals surface area contributed by atoms with Gasteiger partial charge in [-0.05, 0) is 30.9 Å². The zero-order chi connectivity index (χ0) is 10.1. The van der Waals surface area contributed by atoms with Gasteiger partial charge in [0.05, 0.1) is 0 Å². The molecule has 1 aliphatic rings. The highest BCUT2D eigenvalue weighted by Crippen LogP contribution is 2.40. The van der Waals surface area contributed by atoms with E-state index in [0.717, 1.165) is 15.1 Å². The first-order valence-corrected chi connectivity index (χ1v) is 6.06. The molecule has 1 aromatic rings. The van der Waals surface area contributed by atoms with E-state index in [1.807, 2.05) is 18.2 Å². The van der Waals surface area contributed by atoms with Gasteiger partial charge in [0.2, 0.25) is 0 Å². The molecule has 76 valence electrons. The predicted molar refractivity (Wildman–Crippen MR) is 63.4 cm³/mol. The van der Waals surface area contributed by atoms with Gasteiger partial charge in [-0.2, -0.15) is 0 Å². The van der Waals surface area contributed by atoms with Crippen molar-refractivity contribution in [3.05, 3.63) is 33.3 Å². The highest BCUT2D eigenvalue weighted by atomic mass is 79.9. The Morgan fingerprint density at radius 3 is 2.64 bits per heavy atom. The molecule has 0 spiro atoms. The second kappa shape index (κ2) is 4.21. The summed E-state index contributed by atoms with van der Waals surface area (Å²) in [4.78, 5) is 0. The van der Waals surface area contributed by atoms with Crippen molar-refractivity contribution in [2.45, 2.75) is 25.3 Å². The van der Waals surface area contributed by atoms with Crippen molar-refractivity contribution < 1.29 is 0 Å². The molecular formula is C11H13BrClN. The van der Waals surface area contributed by atoms with Crippen LogP contribution in [0.2, 0.25) is 5.02 Å². The van der Waals surface area contributed by atoms with Gasteiger partial charge in [-0.15, -0.1) is 0 Å². The zero-order valence-corrected chi connectivity index (χ0v) is 10.2. The van der Waals surface area contributed by atoms with E-state index in [9.17, 15) is 0 Å². The lowest BCUT2D eigenvalue weighted by Gasteiger charge is -2.32. The molecule has 1 atom stereocenters. The summed E-state index contributed by atoms with van der Waals surface area (Å²) in [5.41, 5.74) is 7.26. The van der Waals surface area contributed by atoms with Gasteiger partial charge in [0.1, 0.15) is 0 Å². The fraction of sp³-hybridized carbons (Fsp3) is 0.455. The molecule has 1 saturated carbocycles. The van der Waals surface area contributed by atoms with E-state index in [4.69, 9.17) is 17.3 Å². The second-order valence-electron chi connectivity index (χ2n) is 3.85. The van der Waals surface area contributed by atoms with Crippen molar-refractivity contribution >= 4 is 27.5 Å². The second-order valence-corrected chi connectivity index (χ2v) is 5.11. The van der Waals surface area contributed by atoms with Crippen LogP contribution in [0.5, 0.6) is 0 Å². The number of hydrogen-bond acceptors (Lipinski definition) is 1. The lowest BCUT2D eigenvalue weighted by atomic mass is 9.77. The molecule has 2 rings (SSSR count). The maximum Gasteiger partial charge on any atom is 0.0465 e. The zero-order valence-electron chi connectivity index (χ0n) is 7.84. The monoisotopic (exact) mass is 273 g/mol. The van der Waals surface area contributed by atoms with Crippen LogP contribution in [0.25, 0.3) is 0 Å². The Kier molecular flexibility index (Phi) is 3.15. The summed E-state index contributed by atoms with van der Waals surface area (Å²) in [5, 5.41) is 0.777. The van der Waals surface area contributed by atoms with E-state index in [2.05, 4.69) is 15.9 Å². The lowest BCUT2D eigenvalue weighted by molar-refractivity contribution is 0.264. The highest BCUT2D eigenvalue weighted by Gasteiger charge is 2.27. The van der Waals surface area contributed by atoms with E-state index in [-0.39, 0.29) is 6.04 Å². The molecule has 0 aromatic heterocycles. The van der Waals surface area contributed by atoms with Crippen molar-refractivity contribution in [1.29, 1.82) is 0 Å². The number of nitrogens with two attached hydrogens (primary N) is 1. The molecule has 0 amide bonds. The fourth-order valence-corrected chi connectivity index (χ4v) is 2.91. The summed E-state index contributed by atoms with van der Waals surface area (Å²) in [6.45, 7) is 0. The minimum absolute atomic E-state index is 0.0897. The third kappa shape index (κ3) is 1.83. The average molecular weight is 275 g/mol. The summed E-state index contributed by atoms with van der Waals surface area (Å²) >= 11 is 9.64. The summed E-state index contributed by atoms with van der Waals surface area (Å²) in [5.74, 6) is 0.617. The number of benzene rings is 1. The molecule has 14 heavy (non-hydrogen) atoms. The van der Waals surface area contributed by atoms with Gasteiger partial charge in [-0.25, -0.2) is 0 Å². The summed E-state index contributed by atoms with van der Waals surface area (Å²) in [7, 11) is 0. The summed E-state index contributed by atoms with van der Waals surface area (Å²) in [6, 6.07) is 5.93. The van der Waals surface area contributed by atoms with Gasteiger partial charge in [-0.1, -0.05) is 40.0 Å². The Labute approximate surface area is 97.8 Å². The Balaban J connectivity index is 2.29. The lowest BCUT2D eigenvalue weighted by Crippen LogP contribution is -2.27. The SMILES string of the molecule is NC(c1c(Cl)cccc1Br)C1CCC1. The van der Waals surface area contributed by atoms with Crippen LogP contribution in [-0.4, -0.2) is 0 Å². The van der Waals surface area contributed by atoms with E-state index >= 15 is 0 Å². The smallest absolute Gasteiger partial charge is 0.0465 e. The largest absolute Gasteiger partial charge is 0.324 e. The predicted octanol–water partition coefficient (Wildman–Crippen LogP) is 3.90. The molecule has 0 aliphatic heterocycles. The molecule has 0 saturated heterocycles. The normalized spacial score (nSPS) is 19.1. The Hall–Kier alpha value is -0.0500. The van der Waals surface area contributed by atoms with Crippen molar-refractivity contribution in [3.8, 4) is 0 Å². The van der Waals surface area contributed by atoms with E-state index in [0.29, 0.717) is 5.92 Å². The Morgan fingerprint density at radius 2 is 2.14 bits per heavy atom. The first-order chi connectivity index (χ1) is 6.70. The molecule has 3 heteroatoms. The van der Waals surface area contributed by atoms with Crippen LogP contribution >= 0.6 is 27.5 Å². The van der Waals surface area contributed by atoms with Crippen LogP contribution in [0.15, 0.2) is 22.7 Å². The van der Waals surface area contributed by atoms with Crippen molar-refractivity contribution in [2.75, 3.05) is 0 Å². The van der Waals surface area contributed by atoms with Crippen molar-refractivity contribution in [1.82, 2.24) is 0 Å². The maximum absolute atomic E-state index is 6.19. The third-order valence-corrected chi connectivity index (χ3v) is 4.01. The Morgan fingerprint density at radius 1 is 1.43 bits per heavy atom. The molecule has 1 unspecified atom stereocenters. The number of halogens is 2. The van der Waals surface area contributed by atoms with Gasteiger partial charge in [0, 0.05) is 21.1 Å². The number of rotatable bonds is 2.